The summed E-state index contributed by atoms with van der Waals surface area (Å²) in [7, 11) is 0. The number of hydrogen-bond donors (Lipinski definition) is 0. The Labute approximate surface area is 130 Å². The molecule has 0 saturated carbocycles. The smallest absolute Gasteiger partial charge is 0.254 e. The van der Waals surface area contributed by atoms with Gasteiger partial charge in [0.05, 0.1) is 33.5 Å². The van der Waals surface area contributed by atoms with Crippen molar-refractivity contribution in [2.45, 2.75) is 6.04 Å². The quantitative estimate of drug-likeness (QED) is 0.726. The molecule has 0 N–H and O–H groups in total. The summed E-state index contributed by atoms with van der Waals surface area (Å²) in [4.78, 5) is 18.5. The van der Waals surface area contributed by atoms with Crippen molar-refractivity contribution in [2.75, 3.05) is 13.1 Å². The minimum atomic E-state index is 0.0270. The molecule has 3 heterocycles. The molecule has 1 aliphatic heterocycles. The molecule has 0 bridgehead atoms. The molecule has 0 spiro atoms. The Morgan fingerprint density at radius 2 is 2.27 bits per heavy atom. The molecular formula is C15H11N5OS. The van der Waals surface area contributed by atoms with E-state index in [1.54, 1.807) is 27.5 Å². The molecule has 0 unspecified atom stereocenters. The van der Waals surface area contributed by atoms with Crippen molar-refractivity contribution in [2.24, 2.45) is 0 Å². The van der Waals surface area contributed by atoms with Gasteiger partial charge in [-0.1, -0.05) is 0 Å². The van der Waals surface area contributed by atoms with E-state index in [0.717, 1.165) is 10.2 Å². The second-order valence-corrected chi connectivity index (χ2v) is 6.11. The molecule has 6 nitrogen and oxygen atoms in total. The van der Waals surface area contributed by atoms with Crippen LogP contribution < -0.4 is 0 Å². The van der Waals surface area contributed by atoms with Crippen molar-refractivity contribution < 1.29 is 4.79 Å². The average molecular weight is 309 g/mol. The Morgan fingerprint density at radius 1 is 1.41 bits per heavy atom. The molecule has 0 radical (unpaired) electrons. The monoisotopic (exact) mass is 309 g/mol. The first kappa shape index (κ1) is 13.0. The number of amides is 1. The van der Waals surface area contributed by atoms with Gasteiger partial charge in [-0.15, -0.1) is 11.3 Å². The Hall–Kier alpha value is -2.72. The number of nitrogens with zero attached hydrogens (tertiary/aromatic N) is 5. The summed E-state index contributed by atoms with van der Waals surface area (Å²) >= 11 is 1.53. The van der Waals surface area contributed by atoms with E-state index < -0.39 is 0 Å². The van der Waals surface area contributed by atoms with Crippen LogP contribution in [0.4, 0.5) is 0 Å². The van der Waals surface area contributed by atoms with Gasteiger partial charge in [-0.25, -0.2) is 4.98 Å². The number of likely N-dealkylation sites (tertiary alicyclic amines) is 1. The van der Waals surface area contributed by atoms with Crippen molar-refractivity contribution in [3.63, 3.8) is 0 Å². The average Bonchev–Trinajstić information content (AvgIpc) is 3.13. The first-order valence-corrected chi connectivity index (χ1v) is 7.69. The molecule has 0 aliphatic carbocycles. The highest BCUT2D eigenvalue weighted by molar-refractivity contribution is 7.16. The van der Waals surface area contributed by atoms with E-state index in [-0.39, 0.29) is 11.9 Å². The van der Waals surface area contributed by atoms with Crippen molar-refractivity contribution in [1.29, 1.82) is 5.26 Å². The zero-order valence-corrected chi connectivity index (χ0v) is 12.3. The molecule has 3 aromatic rings. The van der Waals surface area contributed by atoms with E-state index in [2.05, 4.69) is 16.2 Å². The van der Waals surface area contributed by atoms with Crippen LogP contribution in [0.5, 0.6) is 0 Å². The topological polar surface area (TPSA) is 74.8 Å². The summed E-state index contributed by atoms with van der Waals surface area (Å²) in [5.74, 6) is 0.0270. The Balaban J connectivity index is 1.47. The predicted octanol–water partition coefficient (Wildman–Crippen LogP) is 2.06. The molecule has 4 rings (SSSR count). The largest absolute Gasteiger partial charge is 0.334 e. The number of hydrogen-bond acceptors (Lipinski definition) is 5. The zero-order chi connectivity index (χ0) is 15.1. The predicted molar refractivity (Wildman–Crippen MR) is 81.5 cm³/mol. The van der Waals surface area contributed by atoms with Crippen LogP contribution in [-0.4, -0.2) is 38.7 Å². The normalized spacial score (nSPS) is 14.8. The highest BCUT2D eigenvalue weighted by atomic mass is 32.1. The molecule has 1 fully saturated rings. The van der Waals surface area contributed by atoms with Crippen molar-refractivity contribution in [3.05, 3.63) is 47.2 Å². The van der Waals surface area contributed by atoms with Gasteiger partial charge in [0.1, 0.15) is 6.07 Å². The highest BCUT2D eigenvalue weighted by Crippen LogP contribution is 2.25. The van der Waals surface area contributed by atoms with Crippen molar-refractivity contribution in [1.82, 2.24) is 19.7 Å². The van der Waals surface area contributed by atoms with Gasteiger partial charge in [0.15, 0.2) is 0 Å². The van der Waals surface area contributed by atoms with E-state index in [9.17, 15) is 4.79 Å². The van der Waals surface area contributed by atoms with Gasteiger partial charge < -0.3 is 4.90 Å². The van der Waals surface area contributed by atoms with Gasteiger partial charge >= 0.3 is 0 Å². The molecule has 108 valence electrons. The Bertz CT molecular complexity index is 900. The summed E-state index contributed by atoms with van der Waals surface area (Å²) in [6.07, 6.45) is 3.26. The third-order valence-corrected chi connectivity index (χ3v) is 4.62. The number of benzene rings is 1. The lowest BCUT2D eigenvalue weighted by atomic mass is 10.1. The minimum Gasteiger partial charge on any atom is -0.334 e. The first-order chi connectivity index (χ1) is 10.7. The molecule has 1 saturated heterocycles. The number of carbonyl (C=O) groups excluding carboxylic acids is 1. The maximum atomic E-state index is 12.5. The van der Waals surface area contributed by atoms with Gasteiger partial charge in [-0.05, 0) is 18.2 Å². The molecule has 7 heteroatoms. The summed E-state index contributed by atoms with van der Waals surface area (Å²) in [6, 6.07) is 7.80. The zero-order valence-electron chi connectivity index (χ0n) is 11.5. The van der Waals surface area contributed by atoms with Crippen LogP contribution in [0.25, 0.3) is 10.2 Å². The molecule has 0 atom stereocenters. The number of nitriles is 1. The van der Waals surface area contributed by atoms with Crippen LogP contribution >= 0.6 is 11.3 Å². The molecule has 1 aromatic carbocycles. The number of rotatable bonds is 2. The van der Waals surface area contributed by atoms with E-state index in [1.807, 2.05) is 18.2 Å². The summed E-state index contributed by atoms with van der Waals surface area (Å²) < 4.78 is 2.78. The van der Waals surface area contributed by atoms with E-state index in [4.69, 9.17) is 5.26 Å². The molecule has 1 amide bonds. The molecule has 22 heavy (non-hydrogen) atoms. The van der Waals surface area contributed by atoms with Crippen LogP contribution in [0.3, 0.4) is 0 Å². The Morgan fingerprint density at radius 3 is 3.05 bits per heavy atom. The van der Waals surface area contributed by atoms with E-state index >= 15 is 0 Å². The van der Waals surface area contributed by atoms with Crippen LogP contribution in [0.2, 0.25) is 0 Å². The molecule has 1 aliphatic rings. The lowest BCUT2D eigenvalue weighted by Gasteiger charge is -2.39. The van der Waals surface area contributed by atoms with Gasteiger partial charge in [-0.3, -0.25) is 9.48 Å². The van der Waals surface area contributed by atoms with E-state index in [0.29, 0.717) is 24.2 Å². The van der Waals surface area contributed by atoms with Gasteiger partial charge in [0, 0.05) is 24.8 Å². The minimum absolute atomic E-state index is 0.0270. The SMILES string of the molecule is N#Cc1cnn(C2CN(C(=O)c3ccc4ncsc4c3)C2)c1. The molecular weight excluding hydrogens is 298 g/mol. The first-order valence-electron chi connectivity index (χ1n) is 6.81. The second-order valence-electron chi connectivity index (χ2n) is 5.22. The fourth-order valence-electron chi connectivity index (χ4n) is 2.55. The van der Waals surface area contributed by atoms with Crippen LogP contribution in [0, 0.1) is 11.3 Å². The Kier molecular flexibility index (Phi) is 2.91. The maximum absolute atomic E-state index is 12.5. The van der Waals surface area contributed by atoms with Crippen LogP contribution in [-0.2, 0) is 0 Å². The summed E-state index contributed by atoms with van der Waals surface area (Å²) in [6.45, 7) is 1.23. The lowest BCUT2D eigenvalue weighted by molar-refractivity contribution is 0.0502. The number of aromatic nitrogens is 3. The fraction of sp³-hybridized carbons (Fsp3) is 0.200. The third kappa shape index (κ3) is 2.05. The summed E-state index contributed by atoms with van der Waals surface area (Å²) in [5, 5.41) is 13.0. The standard InChI is InChI=1S/C15H11N5OS/c16-4-10-5-18-20(6-10)12-7-19(8-12)15(21)11-1-2-13-14(3-11)22-9-17-13/h1-3,5-6,9,12H,7-8H2. The molecule has 2 aromatic heterocycles. The van der Waals surface area contributed by atoms with Crippen LogP contribution in [0.1, 0.15) is 22.0 Å². The van der Waals surface area contributed by atoms with Gasteiger partial charge in [0.2, 0.25) is 0 Å². The van der Waals surface area contributed by atoms with Crippen molar-refractivity contribution >= 4 is 27.5 Å². The second kappa shape index (κ2) is 4.93. The van der Waals surface area contributed by atoms with Crippen LogP contribution in [0.15, 0.2) is 36.1 Å². The third-order valence-electron chi connectivity index (χ3n) is 3.83. The number of carbonyl (C=O) groups is 1. The summed E-state index contributed by atoms with van der Waals surface area (Å²) in [5.41, 5.74) is 3.93. The highest BCUT2D eigenvalue weighted by Gasteiger charge is 2.33. The number of fused-ring (bicyclic) bond motifs is 1. The lowest BCUT2D eigenvalue weighted by Crippen LogP contribution is -2.50. The number of thiazole rings is 1. The van der Waals surface area contributed by atoms with E-state index in [1.165, 1.54) is 11.3 Å². The maximum Gasteiger partial charge on any atom is 0.254 e. The van der Waals surface area contributed by atoms with Gasteiger partial charge in [-0.2, -0.15) is 10.4 Å². The fourth-order valence-corrected chi connectivity index (χ4v) is 3.27. The van der Waals surface area contributed by atoms with Gasteiger partial charge in [0.25, 0.3) is 5.91 Å². The van der Waals surface area contributed by atoms with Crippen molar-refractivity contribution in [3.8, 4) is 6.07 Å².